The Morgan fingerprint density at radius 3 is 2.62 bits per heavy atom. The Hall–Kier alpha value is -2.22. The molecule has 0 saturated carbocycles. The SMILES string of the molecule is Cc1c([C@@H](C)NC(=O)Nc2cc3c(cc2Br)OCCO3)cnn1C. The van der Waals surface area contributed by atoms with Crippen LogP contribution in [0.2, 0.25) is 0 Å². The van der Waals surface area contributed by atoms with Gasteiger partial charge in [0.1, 0.15) is 13.2 Å². The minimum Gasteiger partial charge on any atom is -0.486 e. The Balaban J connectivity index is 1.70. The van der Waals surface area contributed by atoms with Gasteiger partial charge in [0, 0.05) is 34.9 Å². The first-order valence-corrected chi connectivity index (χ1v) is 8.40. The number of anilines is 1. The van der Waals surface area contributed by atoms with Crippen molar-refractivity contribution >= 4 is 27.6 Å². The van der Waals surface area contributed by atoms with E-state index >= 15 is 0 Å². The number of hydrogen-bond donors (Lipinski definition) is 2. The summed E-state index contributed by atoms with van der Waals surface area (Å²) in [6.07, 6.45) is 1.76. The van der Waals surface area contributed by atoms with Gasteiger partial charge in [-0.05, 0) is 29.8 Å². The molecule has 1 aromatic heterocycles. The number of ether oxygens (including phenoxy) is 2. The lowest BCUT2D eigenvalue weighted by Gasteiger charge is -2.20. The first kappa shape index (κ1) is 16.6. The molecule has 128 valence electrons. The van der Waals surface area contributed by atoms with Gasteiger partial charge in [0.25, 0.3) is 0 Å². The maximum Gasteiger partial charge on any atom is 0.319 e. The van der Waals surface area contributed by atoms with Crippen LogP contribution in [0.1, 0.15) is 24.2 Å². The van der Waals surface area contributed by atoms with Crippen LogP contribution in [-0.4, -0.2) is 29.0 Å². The first-order chi connectivity index (χ1) is 11.5. The fraction of sp³-hybridized carbons (Fsp3) is 0.375. The minimum absolute atomic E-state index is 0.158. The second-order valence-corrected chi connectivity index (χ2v) is 6.46. The Kier molecular flexibility index (Phi) is 4.66. The highest BCUT2D eigenvalue weighted by Crippen LogP contribution is 2.38. The van der Waals surface area contributed by atoms with Gasteiger partial charge in [-0.15, -0.1) is 0 Å². The van der Waals surface area contributed by atoms with Crippen LogP contribution in [0.25, 0.3) is 0 Å². The molecular formula is C16H19BrN4O3. The predicted octanol–water partition coefficient (Wildman–Crippen LogP) is 3.14. The molecule has 1 atom stereocenters. The Bertz CT molecular complexity index is 775. The highest BCUT2D eigenvalue weighted by atomic mass is 79.9. The summed E-state index contributed by atoms with van der Waals surface area (Å²) in [7, 11) is 1.87. The van der Waals surface area contributed by atoms with Gasteiger partial charge >= 0.3 is 6.03 Å². The second kappa shape index (κ2) is 6.72. The molecular weight excluding hydrogens is 376 g/mol. The van der Waals surface area contributed by atoms with Crippen LogP contribution in [0, 0.1) is 6.92 Å². The summed E-state index contributed by atoms with van der Waals surface area (Å²) < 4.78 is 13.6. The lowest BCUT2D eigenvalue weighted by Crippen LogP contribution is -2.31. The molecule has 0 fully saturated rings. The lowest BCUT2D eigenvalue weighted by atomic mass is 10.1. The molecule has 1 aromatic carbocycles. The highest BCUT2D eigenvalue weighted by Gasteiger charge is 2.18. The third-order valence-electron chi connectivity index (χ3n) is 3.97. The maximum absolute atomic E-state index is 12.3. The van der Waals surface area contributed by atoms with Crippen molar-refractivity contribution < 1.29 is 14.3 Å². The number of rotatable bonds is 3. The number of aromatic nitrogens is 2. The molecule has 0 bridgehead atoms. The number of fused-ring (bicyclic) bond motifs is 1. The minimum atomic E-state index is -0.303. The third-order valence-corrected chi connectivity index (χ3v) is 4.62. The van der Waals surface area contributed by atoms with E-state index in [1.165, 1.54) is 0 Å². The normalized spacial score (nSPS) is 14.2. The van der Waals surface area contributed by atoms with Gasteiger partial charge in [-0.3, -0.25) is 4.68 Å². The second-order valence-electron chi connectivity index (χ2n) is 5.60. The van der Waals surface area contributed by atoms with Crippen LogP contribution < -0.4 is 20.1 Å². The summed E-state index contributed by atoms with van der Waals surface area (Å²) >= 11 is 3.44. The largest absolute Gasteiger partial charge is 0.486 e. The Labute approximate surface area is 148 Å². The number of urea groups is 1. The fourth-order valence-electron chi connectivity index (χ4n) is 2.53. The molecule has 1 aliphatic heterocycles. The molecule has 0 spiro atoms. The van der Waals surface area contributed by atoms with Crippen LogP contribution in [0.3, 0.4) is 0 Å². The quantitative estimate of drug-likeness (QED) is 0.837. The van der Waals surface area contributed by atoms with E-state index in [4.69, 9.17) is 9.47 Å². The van der Waals surface area contributed by atoms with Crippen molar-refractivity contribution in [2.24, 2.45) is 7.05 Å². The van der Waals surface area contributed by atoms with Crippen molar-refractivity contribution in [3.8, 4) is 11.5 Å². The summed E-state index contributed by atoms with van der Waals surface area (Å²) in [6.45, 7) is 4.91. The molecule has 2 N–H and O–H groups in total. The van der Waals surface area contributed by atoms with E-state index in [1.807, 2.05) is 20.9 Å². The van der Waals surface area contributed by atoms with Crippen molar-refractivity contribution in [1.29, 1.82) is 0 Å². The van der Waals surface area contributed by atoms with Crippen LogP contribution in [0.4, 0.5) is 10.5 Å². The van der Waals surface area contributed by atoms with Crippen molar-refractivity contribution in [2.45, 2.75) is 19.9 Å². The van der Waals surface area contributed by atoms with Crippen LogP contribution in [-0.2, 0) is 7.05 Å². The smallest absolute Gasteiger partial charge is 0.319 e. The average molecular weight is 395 g/mol. The summed E-state index contributed by atoms with van der Waals surface area (Å²) in [6, 6.07) is 3.08. The number of halogens is 1. The molecule has 0 radical (unpaired) electrons. The van der Waals surface area contributed by atoms with E-state index in [0.29, 0.717) is 30.4 Å². The number of aryl methyl sites for hydroxylation is 1. The van der Waals surface area contributed by atoms with Gasteiger partial charge < -0.3 is 20.1 Å². The van der Waals surface area contributed by atoms with Gasteiger partial charge in [0.05, 0.1) is 17.9 Å². The Morgan fingerprint density at radius 1 is 1.33 bits per heavy atom. The molecule has 2 amide bonds. The van der Waals surface area contributed by atoms with Crippen molar-refractivity contribution in [3.05, 3.63) is 34.1 Å². The molecule has 3 rings (SSSR count). The van der Waals surface area contributed by atoms with Gasteiger partial charge in [0.2, 0.25) is 0 Å². The zero-order valence-corrected chi connectivity index (χ0v) is 15.3. The van der Waals surface area contributed by atoms with Crippen LogP contribution >= 0.6 is 15.9 Å². The topological polar surface area (TPSA) is 77.4 Å². The number of benzene rings is 1. The first-order valence-electron chi connectivity index (χ1n) is 7.61. The van der Waals surface area contributed by atoms with Crippen molar-refractivity contribution in [3.63, 3.8) is 0 Å². The van der Waals surface area contributed by atoms with Gasteiger partial charge in [-0.25, -0.2) is 4.79 Å². The van der Waals surface area contributed by atoms with E-state index < -0.39 is 0 Å². The standard InChI is InChI=1S/C16H19BrN4O3/c1-9(11-8-18-21(3)10(11)2)19-16(22)20-13-7-15-14(6-12(13)17)23-4-5-24-15/h6-9H,4-5H2,1-3H3,(H2,19,20,22)/t9-/m1/s1. The number of nitrogens with zero attached hydrogens (tertiary/aromatic N) is 2. The summed E-state index contributed by atoms with van der Waals surface area (Å²) in [5.74, 6) is 1.29. The number of amides is 2. The molecule has 24 heavy (non-hydrogen) atoms. The van der Waals surface area contributed by atoms with E-state index in [-0.39, 0.29) is 12.1 Å². The average Bonchev–Trinajstić information content (AvgIpc) is 2.87. The Morgan fingerprint density at radius 2 is 2.00 bits per heavy atom. The number of nitrogens with one attached hydrogen (secondary N) is 2. The summed E-state index contributed by atoms with van der Waals surface area (Å²) in [5, 5.41) is 9.94. The summed E-state index contributed by atoms with van der Waals surface area (Å²) in [5.41, 5.74) is 2.61. The fourth-order valence-corrected chi connectivity index (χ4v) is 2.95. The third kappa shape index (κ3) is 3.33. The van der Waals surface area contributed by atoms with E-state index in [9.17, 15) is 4.79 Å². The van der Waals surface area contributed by atoms with E-state index in [2.05, 4.69) is 31.7 Å². The molecule has 2 heterocycles. The molecule has 2 aromatic rings. The molecule has 0 unspecified atom stereocenters. The molecule has 0 aliphatic carbocycles. The number of hydrogen-bond acceptors (Lipinski definition) is 4. The van der Waals surface area contributed by atoms with E-state index in [0.717, 1.165) is 15.7 Å². The zero-order chi connectivity index (χ0) is 17.3. The predicted molar refractivity (Wildman–Crippen MR) is 93.6 cm³/mol. The molecule has 0 saturated heterocycles. The molecule has 8 heteroatoms. The summed E-state index contributed by atoms with van der Waals surface area (Å²) in [4.78, 5) is 12.3. The van der Waals surface area contributed by atoms with Crippen LogP contribution in [0.5, 0.6) is 11.5 Å². The van der Waals surface area contributed by atoms with Gasteiger partial charge in [0.15, 0.2) is 11.5 Å². The van der Waals surface area contributed by atoms with Crippen LogP contribution in [0.15, 0.2) is 22.8 Å². The van der Waals surface area contributed by atoms with Crippen molar-refractivity contribution in [1.82, 2.24) is 15.1 Å². The molecule has 7 nitrogen and oxygen atoms in total. The monoisotopic (exact) mass is 394 g/mol. The highest BCUT2D eigenvalue weighted by molar-refractivity contribution is 9.10. The number of carbonyl (C=O) groups is 1. The molecule has 1 aliphatic rings. The van der Waals surface area contributed by atoms with Gasteiger partial charge in [-0.1, -0.05) is 0 Å². The lowest BCUT2D eigenvalue weighted by molar-refractivity contribution is 0.171. The number of carbonyl (C=O) groups excluding carboxylic acids is 1. The zero-order valence-electron chi connectivity index (χ0n) is 13.7. The van der Waals surface area contributed by atoms with E-state index in [1.54, 1.807) is 23.0 Å². The maximum atomic E-state index is 12.3. The van der Waals surface area contributed by atoms with Crippen molar-refractivity contribution in [2.75, 3.05) is 18.5 Å². The van der Waals surface area contributed by atoms with Gasteiger partial charge in [-0.2, -0.15) is 5.10 Å².